The van der Waals surface area contributed by atoms with Crippen LogP contribution in [0.2, 0.25) is 0 Å². The van der Waals surface area contributed by atoms with Crippen LogP contribution in [0.25, 0.3) is 6.08 Å². The Hall–Kier alpha value is -3.73. The minimum Gasteiger partial charge on any atom is -0.486 e. The van der Waals surface area contributed by atoms with Gasteiger partial charge in [0.15, 0.2) is 18.1 Å². The topological polar surface area (TPSA) is 103 Å². The van der Waals surface area contributed by atoms with E-state index >= 15 is 0 Å². The number of carbonyl (C=O) groups excluding carboxylic acids is 2. The normalized spacial score (nSPS) is 12.8. The quantitative estimate of drug-likeness (QED) is 0.416. The highest BCUT2D eigenvalue weighted by atomic mass is 16.6. The lowest BCUT2D eigenvalue weighted by Gasteiger charge is -2.19. The van der Waals surface area contributed by atoms with Crippen LogP contribution in [0, 0.1) is 25.2 Å². The predicted molar refractivity (Wildman–Crippen MR) is 115 cm³/mol. The summed E-state index contributed by atoms with van der Waals surface area (Å²) >= 11 is 0. The zero-order chi connectivity index (χ0) is 22.4. The Morgan fingerprint density at radius 3 is 2.68 bits per heavy atom. The lowest BCUT2D eigenvalue weighted by atomic mass is 10.1. The fraction of sp³-hybridized carbons (Fsp3) is 0.348. The number of hydrogen-bond acceptors (Lipinski definition) is 6. The third-order valence-corrected chi connectivity index (χ3v) is 4.86. The first-order chi connectivity index (χ1) is 14.9. The number of carbonyl (C=O) groups is 2. The van der Waals surface area contributed by atoms with Crippen molar-refractivity contribution in [3.05, 3.63) is 46.8 Å². The standard InChI is InChI=1S/C23H25N3O5/c1-4-7-26-15(2)10-17(16(26)3)11-18(13-24)23(28)31-14-22(27)25-19-5-6-20-21(12-19)30-9-8-29-20/h5-6,10-12H,4,7-9,14H2,1-3H3,(H,25,27)/b18-11+. The molecular weight excluding hydrogens is 398 g/mol. The molecule has 0 radical (unpaired) electrons. The molecule has 8 nitrogen and oxygen atoms in total. The van der Waals surface area contributed by atoms with E-state index in [1.807, 2.05) is 26.0 Å². The molecule has 1 aliphatic rings. The second kappa shape index (κ2) is 9.85. The second-order valence-corrected chi connectivity index (χ2v) is 7.13. The van der Waals surface area contributed by atoms with Crippen molar-refractivity contribution in [3.8, 4) is 17.6 Å². The summed E-state index contributed by atoms with van der Waals surface area (Å²) in [6.07, 6.45) is 2.47. The fourth-order valence-corrected chi connectivity index (χ4v) is 3.36. The third kappa shape index (κ3) is 5.25. The molecule has 1 amide bonds. The highest BCUT2D eigenvalue weighted by Crippen LogP contribution is 2.32. The Morgan fingerprint density at radius 2 is 1.97 bits per heavy atom. The number of aryl methyl sites for hydroxylation is 1. The lowest BCUT2D eigenvalue weighted by molar-refractivity contribution is -0.142. The Labute approximate surface area is 181 Å². The van der Waals surface area contributed by atoms with Gasteiger partial charge in [-0.2, -0.15) is 5.26 Å². The molecule has 0 fully saturated rings. The smallest absolute Gasteiger partial charge is 0.349 e. The van der Waals surface area contributed by atoms with Crippen LogP contribution in [0.1, 0.15) is 30.3 Å². The van der Waals surface area contributed by atoms with Crippen molar-refractivity contribution in [1.82, 2.24) is 4.57 Å². The van der Waals surface area contributed by atoms with Crippen molar-refractivity contribution >= 4 is 23.6 Å². The van der Waals surface area contributed by atoms with Crippen LogP contribution >= 0.6 is 0 Å². The van der Waals surface area contributed by atoms with Crippen molar-refractivity contribution in [2.45, 2.75) is 33.7 Å². The maximum atomic E-state index is 12.3. The molecule has 8 heteroatoms. The Bertz CT molecular complexity index is 1060. The molecule has 2 aromatic rings. The van der Waals surface area contributed by atoms with Gasteiger partial charge in [-0.25, -0.2) is 4.79 Å². The van der Waals surface area contributed by atoms with Crippen molar-refractivity contribution in [1.29, 1.82) is 5.26 Å². The number of benzene rings is 1. The summed E-state index contributed by atoms with van der Waals surface area (Å²) in [4.78, 5) is 24.5. The molecule has 162 valence electrons. The van der Waals surface area contributed by atoms with Gasteiger partial charge < -0.3 is 24.1 Å². The molecule has 0 spiro atoms. The summed E-state index contributed by atoms with van der Waals surface area (Å²) in [5.41, 5.74) is 3.13. The first kappa shape index (κ1) is 22.0. The van der Waals surface area contributed by atoms with E-state index in [4.69, 9.17) is 14.2 Å². The minimum absolute atomic E-state index is 0.163. The Kier molecular flexibility index (Phi) is 6.98. The van der Waals surface area contributed by atoms with E-state index in [1.165, 1.54) is 6.08 Å². The maximum Gasteiger partial charge on any atom is 0.349 e. The third-order valence-electron chi connectivity index (χ3n) is 4.86. The van der Waals surface area contributed by atoms with Crippen LogP contribution in [0.4, 0.5) is 5.69 Å². The van der Waals surface area contributed by atoms with Crippen LogP contribution < -0.4 is 14.8 Å². The lowest BCUT2D eigenvalue weighted by Crippen LogP contribution is -2.21. The van der Waals surface area contributed by atoms with Gasteiger partial charge >= 0.3 is 5.97 Å². The fourth-order valence-electron chi connectivity index (χ4n) is 3.36. The molecule has 31 heavy (non-hydrogen) atoms. The van der Waals surface area contributed by atoms with Crippen LogP contribution in [0.3, 0.4) is 0 Å². The van der Waals surface area contributed by atoms with Gasteiger partial charge in [0.2, 0.25) is 0 Å². The molecule has 3 rings (SSSR count). The highest BCUT2D eigenvalue weighted by Gasteiger charge is 2.17. The number of nitriles is 1. The first-order valence-electron chi connectivity index (χ1n) is 10.1. The molecule has 0 saturated heterocycles. The first-order valence-corrected chi connectivity index (χ1v) is 10.1. The van der Waals surface area contributed by atoms with Crippen molar-refractivity contribution in [3.63, 3.8) is 0 Å². The summed E-state index contributed by atoms with van der Waals surface area (Å²) in [5.74, 6) is -0.224. The van der Waals surface area contributed by atoms with Crippen LogP contribution in [-0.2, 0) is 20.9 Å². The van der Waals surface area contributed by atoms with E-state index in [0.717, 1.165) is 29.9 Å². The average molecular weight is 423 g/mol. The summed E-state index contributed by atoms with van der Waals surface area (Å²) < 4.78 is 18.1. The summed E-state index contributed by atoms with van der Waals surface area (Å²) in [6.45, 7) is 7.27. The molecule has 2 heterocycles. The van der Waals surface area contributed by atoms with Crippen LogP contribution in [-0.4, -0.2) is 36.3 Å². The van der Waals surface area contributed by atoms with E-state index in [2.05, 4.69) is 16.8 Å². The van der Waals surface area contributed by atoms with E-state index in [1.54, 1.807) is 18.2 Å². The van der Waals surface area contributed by atoms with Gasteiger partial charge in [-0.15, -0.1) is 0 Å². The van der Waals surface area contributed by atoms with Crippen LogP contribution in [0.15, 0.2) is 29.8 Å². The summed E-state index contributed by atoms with van der Waals surface area (Å²) in [5, 5.41) is 12.0. The number of ether oxygens (including phenoxy) is 3. The predicted octanol–water partition coefficient (Wildman–Crippen LogP) is 3.38. The van der Waals surface area contributed by atoms with E-state index in [0.29, 0.717) is 30.4 Å². The number of amides is 1. The van der Waals surface area contributed by atoms with Crippen LogP contribution in [0.5, 0.6) is 11.5 Å². The molecule has 1 N–H and O–H groups in total. The van der Waals surface area contributed by atoms with Gasteiger partial charge in [0.05, 0.1) is 0 Å². The van der Waals surface area contributed by atoms with Gasteiger partial charge in [-0.3, -0.25) is 4.79 Å². The molecule has 0 bridgehead atoms. The number of anilines is 1. The summed E-state index contributed by atoms with van der Waals surface area (Å²) in [7, 11) is 0. The largest absolute Gasteiger partial charge is 0.486 e. The molecule has 0 atom stereocenters. The van der Waals surface area contributed by atoms with Crippen molar-refractivity contribution in [2.24, 2.45) is 0 Å². The van der Waals surface area contributed by atoms with Gasteiger partial charge in [0.25, 0.3) is 5.91 Å². The molecule has 1 aromatic carbocycles. The minimum atomic E-state index is -0.847. The van der Waals surface area contributed by atoms with E-state index in [-0.39, 0.29) is 5.57 Å². The van der Waals surface area contributed by atoms with Gasteiger partial charge in [0, 0.05) is 29.7 Å². The Balaban J connectivity index is 1.61. The summed E-state index contributed by atoms with van der Waals surface area (Å²) in [6, 6.07) is 8.78. The molecule has 1 aromatic heterocycles. The SMILES string of the molecule is CCCn1c(C)cc(/C=C(\C#N)C(=O)OCC(=O)Nc2ccc3c(c2)OCCO3)c1C. The Morgan fingerprint density at radius 1 is 1.23 bits per heavy atom. The number of aromatic nitrogens is 1. The number of nitrogens with one attached hydrogen (secondary N) is 1. The molecule has 0 saturated carbocycles. The highest BCUT2D eigenvalue weighted by molar-refractivity contribution is 6.00. The van der Waals surface area contributed by atoms with Gasteiger partial charge in [-0.1, -0.05) is 6.92 Å². The van der Waals surface area contributed by atoms with Crippen molar-refractivity contribution < 1.29 is 23.8 Å². The van der Waals surface area contributed by atoms with Gasteiger partial charge in [-0.05, 0) is 50.1 Å². The number of esters is 1. The molecule has 0 aliphatic carbocycles. The zero-order valence-corrected chi connectivity index (χ0v) is 17.9. The van der Waals surface area contributed by atoms with E-state index in [9.17, 15) is 14.9 Å². The molecule has 1 aliphatic heterocycles. The molecular formula is C23H25N3O5. The monoisotopic (exact) mass is 423 g/mol. The average Bonchev–Trinajstić information content (AvgIpc) is 3.03. The number of fused-ring (bicyclic) bond motifs is 1. The number of hydrogen-bond donors (Lipinski definition) is 1. The number of rotatable bonds is 7. The van der Waals surface area contributed by atoms with Crippen molar-refractivity contribution in [2.75, 3.05) is 25.1 Å². The van der Waals surface area contributed by atoms with Gasteiger partial charge in [0.1, 0.15) is 24.9 Å². The molecule has 0 unspecified atom stereocenters. The zero-order valence-electron chi connectivity index (χ0n) is 17.9. The maximum absolute atomic E-state index is 12.3. The second-order valence-electron chi connectivity index (χ2n) is 7.13. The number of nitrogens with zero attached hydrogens (tertiary/aromatic N) is 2. The van der Waals surface area contributed by atoms with E-state index < -0.39 is 18.5 Å².